The van der Waals surface area contributed by atoms with Crippen molar-refractivity contribution in [3.63, 3.8) is 0 Å². The summed E-state index contributed by atoms with van der Waals surface area (Å²) in [5.41, 5.74) is 0.921. The van der Waals surface area contributed by atoms with Crippen molar-refractivity contribution in [1.29, 1.82) is 0 Å². The fraction of sp³-hybridized carbons (Fsp3) is 0.588. The fourth-order valence-electron chi connectivity index (χ4n) is 3.63. The van der Waals surface area contributed by atoms with Gasteiger partial charge in [0.05, 0.1) is 6.10 Å². The van der Waals surface area contributed by atoms with E-state index in [0.29, 0.717) is 5.92 Å². The Balaban J connectivity index is 1.60. The summed E-state index contributed by atoms with van der Waals surface area (Å²) < 4.78 is 5.66. The highest BCUT2D eigenvalue weighted by molar-refractivity contribution is 5.92. The highest BCUT2D eigenvalue weighted by Crippen LogP contribution is 2.46. The van der Waals surface area contributed by atoms with Crippen molar-refractivity contribution >= 4 is 5.91 Å². The molecule has 2 heterocycles. The van der Waals surface area contributed by atoms with Gasteiger partial charge in [-0.15, -0.1) is 0 Å². The zero-order chi connectivity index (χ0) is 14.4. The molecule has 0 radical (unpaired) electrons. The Morgan fingerprint density at radius 3 is 2.71 bits per heavy atom. The average molecular weight is 286 g/mol. The Kier molecular flexibility index (Phi) is 3.05. The van der Waals surface area contributed by atoms with E-state index < -0.39 is 0 Å². The molecular weight excluding hydrogens is 264 g/mol. The normalized spacial score (nSPS) is 33.9. The number of hydrogen-bond donors (Lipinski definition) is 1. The molecule has 3 unspecified atom stereocenters. The molecule has 1 saturated carbocycles. The molecule has 1 aromatic rings. The Morgan fingerprint density at radius 1 is 1.33 bits per heavy atom. The first-order chi connectivity index (χ1) is 10.2. The van der Waals surface area contributed by atoms with Gasteiger partial charge in [0.25, 0.3) is 0 Å². The van der Waals surface area contributed by atoms with Crippen LogP contribution in [0.2, 0.25) is 0 Å². The Bertz CT molecular complexity index is 541. The van der Waals surface area contributed by atoms with Crippen LogP contribution >= 0.6 is 0 Å². The van der Waals surface area contributed by atoms with E-state index in [2.05, 4.69) is 29.3 Å². The lowest BCUT2D eigenvalue weighted by Crippen LogP contribution is -2.37. The number of hydrogen-bond acceptors (Lipinski definition) is 3. The second kappa shape index (κ2) is 4.82. The number of nitrogens with zero attached hydrogens (tertiary/aromatic N) is 1. The number of carbonyl (C=O) groups is 1. The first-order valence-corrected chi connectivity index (χ1v) is 7.95. The van der Waals surface area contributed by atoms with Crippen LogP contribution in [0.15, 0.2) is 30.3 Å². The van der Waals surface area contributed by atoms with Crippen LogP contribution < -0.4 is 5.32 Å². The van der Waals surface area contributed by atoms with Gasteiger partial charge in [0.2, 0.25) is 5.91 Å². The lowest BCUT2D eigenvalue weighted by atomic mass is 10.0. The summed E-state index contributed by atoms with van der Waals surface area (Å²) in [6.45, 7) is 3.74. The molecule has 4 nitrogen and oxygen atoms in total. The van der Waals surface area contributed by atoms with Crippen molar-refractivity contribution in [2.45, 2.75) is 44.0 Å². The number of nitrogens with one attached hydrogen (secondary N) is 1. The minimum Gasteiger partial charge on any atom is -0.378 e. The molecule has 3 atom stereocenters. The summed E-state index contributed by atoms with van der Waals surface area (Å²) in [6, 6.07) is 10.3. The largest absolute Gasteiger partial charge is 0.378 e. The molecule has 3 fully saturated rings. The monoisotopic (exact) mass is 286 g/mol. The van der Waals surface area contributed by atoms with Crippen molar-refractivity contribution < 1.29 is 9.53 Å². The minimum atomic E-state index is -0.261. The molecule has 2 saturated heterocycles. The summed E-state index contributed by atoms with van der Waals surface area (Å²) in [5, 5.41) is 3.58. The Morgan fingerprint density at radius 2 is 2.10 bits per heavy atom. The van der Waals surface area contributed by atoms with E-state index in [4.69, 9.17) is 4.74 Å². The van der Waals surface area contributed by atoms with E-state index in [0.717, 1.165) is 32.4 Å². The lowest BCUT2D eigenvalue weighted by molar-refractivity contribution is -0.131. The van der Waals surface area contributed by atoms with E-state index in [1.165, 1.54) is 5.56 Å². The van der Waals surface area contributed by atoms with Gasteiger partial charge < -0.3 is 9.64 Å². The third kappa shape index (κ3) is 2.17. The molecule has 2 aliphatic heterocycles. The Labute approximate surface area is 125 Å². The molecule has 4 heteroatoms. The molecule has 1 spiro atoms. The third-order valence-electron chi connectivity index (χ3n) is 5.22. The summed E-state index contributed by atoms with van der Waals surface area (Å²) in [6.07, 6.45) is 3.28. The highest BCUT2D eigenvalue weighted by Gasteiger charge is 2.59. The van der Waals surface area contributed by atoms with Gasteiger partial charge in [-0.3, -0.25) is 10.1 Å². The van der Waals surface area contributed by atoms with E-state index in [1.807, 2.05) is 18.2 Å². The first-order valence-electron chi connectivity index (χ1n) is 7.95. The Hall–Kier alpha value is -1.39. The zero-order valence-corrected chi connectivity index (χ0v) is 12.4. The first kappa shape index (κ1) is 13.3. The second-order valence-corrected chi connectivity index (χ2v) is 6.62. The molecule has 0 aromatic heterocycles. The predicted octanol–water partition coefficient (Wildman–Crippen LogP) is 2.07. The minimum absolute atomic E-state index is 0.0222. The van der Waals surface area contributed by atoms with Gasteiger partial charge in [-0.05, 0) is 31.7 Å². The van der Waals surface area contributed by atoms with Crippen LogP contribution in [0.3, 0.4) is 0 Å². The molecule has 4 rings (SSSR count). The van der Waals surface area contributed by atoms with Crippen molar-refractivity contribution in [3.05, 3.63) is 35.9 Å². The van der Waals surface area contributed by atoms with Crippen molar-refractivity contribution in [2.75, 3.05) is 13.2 Å². The summed E-state index contributed by atoms with van der Waals surface area (Å²) in [7, 11) is 0. The van der Waals surface area contributed by atoms with E-state index in [-0.39, 0.29) is 23.7 Å². The second-order valence-electron chi connectivity index (χ2n) is 6.62. The van der Waals surface area contributed by atoms with Gasteiger partial charge in [-0.1, -0.05) is 30.3 Å². The SMILES string of the molecule is CC1OCCC1CN1C(=O)C2(CC2)NC1c1ccccc1. The molecule has 1 aliphatic carbocycles. The smallest absolute Gasteiger partial charge is 0.244 e. The van der Waals surface area contributed by atoms with Gasteiger partial charge in [-0.25, -0.2) is 0 Å². The standard InChI is InChI=1S/C17H22N2O2/c1-12-14(7-10-21-12)11-19-15(13-5-3-2-4-6-13)18-17(8-9-17)16(19)20/h2-6,12,14-15,18H,7-11H2,1H3. The molecule has 1 aromatic carbocycles. The topological polar surface area (TPSA) is 41.6 Å². The van der Waals surface area contributed by atoms with Crippen LogP contribution in [0.25, 0.3) is 0 Å². The lowest BCUT2D eigenvalue weighted by Gasteiger charge is -2.28. The summed E-state index contributed by atoms with van der Waals surface area (Å²) in [4.78, 5) is 14.8. The molecule has 21 heavy (non-hydrogen) atoms. The van der Waals surface area contributed by atoms with Crippen molar-refractivity contribution in [3.8, 4) is 0 Å². The summed E-state index contributed by atoms with van der Waals surface area (Å²) >= 11 is 0. The fourth-order valence-corrected chi connectivity index (χ4v) is 3.63. The van der Waals surface area contributed by atoms with Gasteiger partial charge >= 0.3 is 0 Å². The van der Waals surface area contributed by atoms with Gasteiger partial charge in [0.15, 0.2) is 0 Å². The maximum absolute atomic E-state index is 12.8. The van der Waals surface area contributed by atoms with Crippen LogP contribution in [0, 0.1) is 5.92 Å². The van der Waals surface area contributed by atoms with Crippen LogP contribution in [0.5, 0.6) is 0 Å². The molecule has 112 valence electrons. The van der Waals surface area contributed by atoms with Crippen molar-refractivity contribution in [2.24, 2.45) is 5.92 Å². The van der Waals surface area contributed by atoms with E-state index in [9.17, 15) is 4.79 Å². The number of amides is 1. The third-order valence-corrected chi connectivity index (χ3v) is 5.22. The molecule has 0 bridgehead atoms. The number of ether oxygens (including phenoxy) is 1. The van der Waals surface area contributed by atoms with Gasteiger partial charge in [0, 0.05) is 19.1 Å². The number of rotatable bonds is 3. The molecule has 3 aliphatic rings. The molecule has 1 N–H and O–H groups in total. The van der Waals surface area contributed by atoms with Crippen molar-refractivity contribution in [1.82, 2.24) is 10.2 Å². The van der Waals surface area contributed by atoms with Crippen LogP contribution in [-0.4, -0.2) is 35.6 Å². The van der Waals surface area contributed by atoms with Gasteiger partial charge in [-0.2, -0.15) is 0 Å². The van der Waals surface area contributed by atoms with Gasteiger partial charge in [0.1, 0.15) is 11.7 Å². The quantitative estimate of drug-likeness (QED) is 0.925. The van der Waals surface area contributed by atoms with E-state index >= 15 is 0 Å². The van der Waals surface area contributed by atoms with E-state index in [1.54, 1.807) is 0 Å². The van der Waals surface area contributed by atoms with Crippen LogP contribution in [-0.2, 0) is 9.53 Å². The average Bonchev–Trinajstić information content (AvgIpc) is 3.11. The maximum Gasteiger partial charge on any atom is 0.244 e. The van der Waals surface area contributed by atoms with Crippen LogP contribution in [0.4, 0.5) is 0 Å². The summed E-state index contributed by atoms with van der Waals surface area (Å²) in [5.74, 6) is 0.742. The molecular formula is C17H22N2O2. The highest BCUT2D eigenvalue weighted by atomic mass is 16.5. The number of carbonyl (C=O) groups excluding carboxylic acids is 1. The zero-order valence-electron chi connectivity index (χ0n) is 12.4. The maximum atomic E-state index is 12.8. The predicted molar refractivity (Wildman–Crippen MR) is 79.5 cm³/mol. The number of benzene rings is 1. The molecule has 1 amide bonds. The van der Waals surface area contributed by atoms with Crippen LogP contribution in [0.1, 0.15) is 37.9 Å².